The molecular weight excluding hydrogens is 328 g/mol. The summed E-state index contributed by atoms with van der Waals surface area (Å²) in [5.41, 5.74) is 1.64. The van der Waals surface area contributed by atoms with E-state index in [0.717, 1.165) is 29.7 Å². The molecule has 4 nitrogen and oxygen atoms in total. The number of halogens is 1. The van der Waals surface area contributed by atoms with E-state index in [0.29, 0.717) is 18.1 Å². The van der Waals surface area contributed by atoms with Crippen molar-refractivity contribution in [3.05, 3.63) is 28.3 Å². The lowest BCUT2D eigenvalue weighted by Gasteiger charge is -2.13. The molecule has 1 aromatic rings. The summed E-state index contributed by atoms with van der Waals surface area (Å²) in [6.07, 6.45) is 3.88. The molecule has 0 saturated carbocycles. The minimum absolute atomic E-state index is 0.269. The molecule has 0 bridgehead atoms. The van der Waals surface area contributed by atoms with E-state index < -0.39 is 10.0 Å². The van der Waals surface area contributed by atoms with Gasteiger partial charge in [-0.05, 0) is 62.1 Å². The first kappa shape index (κ1) is 18.8. The van der Waals surface area contributed by atoms with Gasteiger partial charge in [-0.25, -0.2) is 13.1 Å². The van der Waals surface area contributed by atoms with Gasteiger partial charge in [0.25, 0.3) is 0 Å². The van der Waals surface area contributed by atoms with Gasteiger partial charge in [0.2, 0.25) is 10.0 Å². The monoisotopic (exact) mass is 350 g/mol. The van der Waals surface area contributed by atoms with E-state index in [-0.39, 0.29) is 4.90 Å². The van der Waals surface area contributed by atoms with Crippen LogP contribution in [0.5, 0.6) is 0 Å². The first-order valence-electron chi connectivity index (χ1n) is 6.84. The minimum atomic E-state index is -3.51. The molecule has 0 unspecified atom stereocenters. The maximum Gasteiger partial charge on any atom is 0.240 e. The number of nitrogens with one attached hydrogen (secondary N) is 2. The van der Waals surface area contributed by atoms with Crippen molar-refractivity contribution in [1.82, 2.24) is 10.0 Å². The third-order valence-electron chi connectivity index (χ3n) is 3.16. The summed E-state index contributed by atoms with van der Waals surface area (Å²) in [5, 5.41) is 3.46. The molecule has 0 radical (unpaired) electrons. The van der Waals surface area contributed by atoms with Gasteiger partial charge < -0.3 is 5.32 Å². The van der Waals surface area contributed by atoms with Crippen molar-refractivity contribution in [1.29, 1.82) is 0 Å². The topological polar surface area (TPSA) is 58.2 Å². The van der Waals surface area contributed by atoms with Crippen molar-refractivity contribution < 1.29 is 8.42 Å². The number of hydrogen-bond donors (Lipinski definition) is 2. The molecule has 0 saturated heterocycles. The van der Waals surface area contributed by atoms with Crippen molar-refractivity contribution >= 4 is 33.4 Å². The van der Waals surface area contributed by atoms with Gasteiger partial charge in [0.1, 0.15) is 0 Å². The summed E-state index contributed by atoms with van der Waals surface area (Å²) >= 11 is 7.81. The molecular formula is C14H23ClN2O2S2. The molecule has 21 heavy (non-hydrogen) atoms. The number of rotatable bonds is 9. The number of thioether (sulfide) groups is 1. The van der Waals surface area contributed by atoms with E-state index in [2.05, 4.69) is 10.0 Å². The van der Waals surface area contributed by atoms with Gasteiger partial charge in [-0.1, -0.05) is 11.6 Å². The fraction of sp³-hybridized carbons (Fsp3) is 0.571. The zero-order valence-electron chi connectivity index (χ0n) is 12.7. The van der Waals surface area contributed by atoms with Crippen LogP contribution in [0.3, 0.4) is 0 Å². The summed E-state index contributed by atoms with van der Waals surface area (Å²) in [5.74, 6) is 1.05. The number of hydrogen-bond acceptors (Lipinski definition) is 4. The van der Waals surface area contributed by atoms with E-state index in [1.165, 1.54) is 6.07 Å². The SMILES string of the molecule is CNCc1cc(Cl)cc(S(=O)(=O)NCCCCSC)c1C. The summed E-state index contributed by atoms with van der Waals surface area (Å²) in [6, 6.07) is 3.31. The second kappa shape index (κ2) is 9.00. The zero-order valence-corrected chi connectivity index (χ0v) is 15.1. The Kier molecular flexibility index (Phi) is 8.05. The van der Waals surface area contributed by atoms with Gasteiger partial charge >= 0.3 is 0 Å². The Bertz CT molecular complexity index is 562. The molecule has 0 atom stereocenters. The molecule has 2 N–H and O–H groups in total. The lowest BCUT2D eigenvalue weighted by molar-refractivity contribution is 0.577. The van der Waals surface area contributed by atoms with Crippen LogP contribution in [0, 0.1) is 6.92 Å². The van der Waals surface area contributed by atoms with E-state index in [4.69, 9.17) is 11.6 Å². The van der Waals surface area contributed by atoms with Crippen LogP contribution in [0.4, 0.5) is 0 Å². The van der Waals surface area contributed by atoms with Gasteiger partial charge in [-0.3, -0.25) is 0 Å². The summed E-state index contributed by atoms with van der Waals surface area (Å²) < 4.78 is 27.5. The smallest absolute Gasteiger partial charge is 0.240 e. The van der Waals surface area contributed by atoms with Crippen LogP contribution in [-0.4, -0.2) is 34.0 Å². The van der Waals surface area contributed by atoms with Crippen LogP contribution in [0.15, 0.2) is 17.0 Å². The van der Waals surface area contributed by atoms with Crippen LogP contribution < -0.4 is 10.0 Å². The number of benzene rings is 1. The molecule has 0 fully saturated rings. The highest BCUT2D eigenvalue weighted by Gasteiger charge is 2.19. The van der Waals surface area contributed by atoms with Crippen molar-refractivity contribution in [3.8, 4) is 0 Å². The van der Waals surface area contributed by atoms with Gasteiger partial charge in [-0.2, -0.15) is 11.8 Å². The zero-order chi connectivity index (χ0) is 15.9. The lowest BCUT2D eigenvalue weighted by Crippen LogP contribution is -2.26. The first-order chi connectivity index (χ1) is 9.92. The predicted molar refractivity (Wildman–Crippen MR) is 91.8 cm³/mol. The van der Waals surface area contributed by atoms with E-state index in [9.17, 15) is 8.42 Å². The van der Waals surface area contributed by atoms with Crippen molar-refractivity contribution in [3.63, 3.8) is 0 Å². The molecule has 0 spiro atoms. The minimum Gasteiger partial charge on any atom is -0.316 e. The van der Waals surface area contributed by atoms with Gasteiger partial charge in [0.15, 0.2) is 0 Å². The summed E-state index contributed by atoms with van der Waals surface area (Å²) in [7, 11) is -1.69. The Morgan fingerprint density at radius 2 is 2.00 bits per heavy atom. The quantitative estimate of drug-likeness (QED) is 0.672. The first-order valence-corrected chi connectivity index (χ1v) is 10.1. The van der Waals surface area contributed by atoms with Gasteiger partial charge in [-0.15, -0.1) is 0 Å². The van der Waals surface area contributed by atoms with E-state index >= 15 is 0 Å². The Morgan fingerprint density at radius 3 is 2.62 bits per heavy atom. The Hall–Kier alpha value is -0.270. The molecule has 0 amide bonds. The normalized spacial score (nSPS) is 11.8. The standard InChI is InChI=1S/C14H23ClN2O2S2/c1-11-12(10-16-2)8-13(15)9-14(11)21(18,19)17-6-4-5-7-20-3/h8-9,16-17H,4-7,10H2,1-3H3. The predicted octanol–water partition coefficient (Wildman–Crippen LogP) is 2.79. The highest BCUT2D eigenvalue weighted by Crippen LogP contribution is 2.24. The van der Waals surface area contributed by atoms with Crippen LogP contribution in [0.2, 0.25) is 5.02 Å². The Morgan fingerprint density at radius 1 is 1.29 bits per heavy atom. The van der Waals surface area contributed by atoms with Crippen molar-refractivity contribution in [2.24, 2.45) is 0 Å². The molecule has 7 heteroatoms. The Balaban J connectivity index is 2.87. The highest BCUT2D eigenvalue weighted by molar-refractivity contribution is 7.98. The van der Waals surface area contributed by atoms with Gasteiger partial charge in [0.05, 0.1) is 4.90 Å². The molecule has 1 aromatic carbocycles. The number of unbranched alkanes of at least 4 members (excludes halogenated alkanes) is 1. The highest BCUT2D eigenvalue weighted by atomic mass is 35.5. The summed E-state index contributed by atoms with van der Waals surface area (Å²) in [4.78, 5) is 0.269. The maximum absolute atomic E-state index is 12.4. The second-order valence-corrected chi connectivity index (χ2v) is 7.97. The van der Waals surface area contributed by atoms with Gasteiger partial charge in [0, 0.05) is 18.1 Å². The van der Waals surface area contributed by atoms with E-state index in [1.54, 1.807) is 17.8 Å². The third kappa shape index (κ3) is 5.79. The molecule has 0 heterocycles. The van der Waals surface area contributed by atoms with Crippen molar-refractivity contribution in [2.75, 3.05) is 25.6 Å². The summed E-state index contributed by atoms with van der Waals surface area (Å²) in [6.45, 7) is 2.85. The third-order valence-corrected chi connectivity index (χ3v) is 5.66. The van der Waals surface area contributed by atoms with Crippen LogP contribution in [0.25, 0.3) is 0 Å². The fourth-order valence-electron chi connectivity index (χ4n) is 2.02. The molecule has 0 aliphatic rings. The largest absolute Gasteiger partial charge is 0.316 e. The van der Waals surface area contributed by atoms with Crippen LogP contribution in [-0.2, 0) is 16.6 Å². The molecule has 1 rings (SSSR count). The van der Waals surface area contributed by atoms with Crippen molar-refractivity contribution in [2.45, 2.75) is 31.2 Å². The Labute approximate surface area is 137 Å². The maximum atomic E-state index is 12.4. The number of sulfonamides is 1. The molecule has 0 aliphatic heterocycles. The molecule has 120 valence electrons. The molecule has 0 aliphatic carbocycles. The average molecular weight is 351 g/mol. The fourth-order valence-corrected chi connectivity index (χ4v) is 4.20. The van der Waals surface area contributed by atoms with Crippen LogP contribution >= 0.6 is 23.4 Å². The molecule has 0 aromatic heterocycles. The average Bonchev–Trinajstić information content (AvgIpc) is 2.42. The van der Waals surface area contributed by atoms with E-state index in [1.807, 2.05) is 20.2 Å². The second-order valence-electron chi connectivity index (χ2n) is 4.82. The lowest BCUT2D eigenvalue weighted by atomic mass is 10.1. The van der Waals surface area contributed by atoms with Crippen LogP contribution in [0.1, 0.15) is 24.0 Å².